The van der Waals surface area contributed by atoms with Crippen LogP contribution >= 0.6 is 0 Å². The normalized spacial score (nSPS) is 20.7. The summed E-state index contributed by atoms with van der Waals surface area (Å²) >= 11 is 0. The fourth-order valence-corrected chi connectivity index (χ4v) is 5.08. The third-order valence-corrected chi connectivity index (χ3v) is 6.92. The predicted molar refractivity (Wildman–Crippen MR) is 126 cm³/mol. The molecule has 0 saturated carbocycles. The van der Waals surface area contributed by atoms with Crippen LogP contribution in [0, 0.1) is 5.41 Å². The Labute approximate surface area is 186 Å². The van der Waals surface area contributed by atoms with Gasteiger partial charge < -0.3 is 5.32 Å². The highest BCUT2D eigenvalue weighted by Crippen LogP contribution is 2.52. The van der Waals surface area contributed by atoms with Crippen molar-refractivity contribution in [2.75, 3.05) is 13.1 Å². The summed E-state index contributed by atoms with van der Waals surface area (Å²) in [6.07, 6.45) is 6.49. The highest BCUT2D eigenvalue weighted by Gasteiger charge is 2.56. The number of allylic oxidation sites excluding steroid dienone is 1. The van der Waals surface area contributed by atoms with Crippen molar-refractivity contribution in [3.05, 3.63) is 84.4 Å². The lowest BCUT2D eigenvalue weighted by Crippen LogP contribution is -2.60. The molecule has 0 radical (unpaired) electrons. The SMILES string of the molecule is C=C[C@](CC)(CCNCCCc1ccccc1)C1(c2ccccc2)CCC(=O)NC1=O. The second-order valence-electron chi connectivity index (χ2n) is 8.45. The summed E-state index contributed by atoms with van der Waals surface area (Å²) in [6, 6.07) is 20.4. The Bertz CT molecular complexity index is 881. The molecule has 1 aliphatic heterocycles. The largest absolute Gasteiger partial charge is 0.317 e. The number of piperidine rings is 1. The van der Waals surface area contributed by atoms with E-state index in [1.54, 1.807) is 0 Å². The predicted octanol–water partition coefficient (Wildman–Crippen LogP) is 4.56. The number of benzene rings is 2. The van der Waals surface area contributed by atoms with Gasteiger partial charge in [-0.1, -0.05) is 73.7 Å². The van der Waals surface area contributed by atoms with Crippen LogP contribution in [0.5, 0.6) is 0 Å². The van der Waals surface area contributed by atoms with E-state index < -0.39 is 10.8 Å². The van der Waals surface area contributed by atoms with Crippen LogP contribution in [-0.2, 0) is 21.4 Å². The van der Waals surface area contributed by atoms with Crippen LogP contribution in [0.4, 0.5) is 0 Å². The minimum Gasteiger partial charge on any atom is -0.317 e. The molecule has 1 saturated heterocycles. The van der Waals surface area contributed by atoms with E-state index in [1.807, 2.05) is 42.5 Å². The average Bonchev–Trinajstić information content (AvgIpc) is 2.81. The summed E-state index contributed by atoms with van der Waals surface area (Å²) in [5, 5.41) is 6.19. The van der Waals surface area contributed by atoms with E-state index in [0.717, 1.165) is 44.3 Å². The van der Waals surface area contributed by atoms with E-state index in [-0.39, 0.29) is 11.8 Å². The van der Waals surface area contributed by atoms with Crippen LogP contribution in [-0.4, -0.2) is 24.9 Å². The number of hydrogen-bond donors (Lipinski definition) is 2. The molecule has 4 nitrogen and oxygen atoms in total. The maximum atomic E-state index is 13.4. The molecule has 0 aromatic heterocycles. The van der Waals surface area contributed by atoms with Gasteiger partial charge in [-0.05, 0) is 56.3 Å². The molecule has 2 N–H and O–H groups in total. The van der Waals surface area contributed by atoms with Gasteiger partial charge in [0.15, 0.2) is 0 Å². The highest BCUT2D eigenvalue weighted by atomic mass is 16.2. The lowest BCUT2D eigenvalue weighted by Gasteiger charge is -2.50. The Kier molecular flexibility index (Phi) is 7.80. The van der Waals surface area contributed by atoms with Gasteiger partial charge in [0.05, 0.1) is 5.41 Å². The number of amides is 2. The highest BCUT2D eigenvalue weighted by molar-refractivity contribution is 6.04. The zero-order valence-electron chi connectivity index (χ0n) is 18.5. The number of carbonyl (C=O) groups excluding carboxylic acids is 2. The molecule has 1 aliphatic rings. The zero-order chi connectivity index (χ0) is 22.2. The fourth-order valence-electron chi connectivity index (χ4n) is 5.08. The maximum absolute atomic E-state index is 13.4. The molecule has 2 amide bonds. The minimum absolute atomic E-state index is 0.190. The Morgan fingerprint density at radius 3 is 2.35 bits per heavy atom. The molecule has 0 bridgehead atoms. The molecule has 2 atom stereocenters. The molecule has 1 unspecified atom stereocenters. The topological polar surface area (TPSA) is 58.2 Å². The first kappa shape index (κ1) is 23.0. The van der Waals surface area contributed by atoms with Crippen LogP contribution in [0.1, 0.15) is 50.2 Å². The number of aryl methyl sites for hydroxylation is 1. The third-order valence-electron chi connectivity index (χ3n) is 6.92. The van der Waals surface area contributed by atoms with Gasteiger partial charge in [-0.3, -0.25) is 14.9 Å². The second-order valence-corrected chi connectivity index (χ2v) is 8.45. The molecule has 2 aromatic rings. The molecular weight excluding hydrogens is 384 g/mol. The second kappa shape index (κ2) is 10.5. The van der Waals surface area contributed by atoms with Crippen molar-refractivity contribution < 1.29 is 9.59 Å². The van der Waals surface area contributed by atoms with Crippen molar-refractivity contribution in [2.45, 2.75) is 50.9 Å². The molecule has 164 valence electrons. The van der Waals surface area contributed by atoms with E-state index in [0.29, 0.717) is 12.8 Å². The van der Waals surface area contributed by atoms with Crippen LogP contribution in [0.2, 0.25) is 0 Å². The van der Waals surface area contributed by atoms with E-state index in [4.69, 9.17) is 0 Å². The minimum atomic E-state index is -0.787. The number of rotatable bonds is 11. The summed E-state index contributed by atoms with van der Waals surface area (Å²) in [6.45, 7) is 8.00. The first-order chi connectivity index (χ1) is 15.1. The summed E-state index contributed by atoms with van der Waals surface area (Å²) < 4.78 is 0. The quantitative estimate of drug-likeness (QED) is 0.320. The van der Waals surface area contributed by atoms with Crippen LogP contribution < -0.4 is 10.6 Å². The van der Waals surface area contributed by atoms with Crippen LogP contribution in [0.3, 0.4) is 0 Å². The van der Waals surface area contributed by atoms with Crippen molar-refractivity contribution in [3.63, 3.8) is 0 Å². The molecule has 4 heteroatoms. The van der Waals surface area contributed by atoms with Crippen molar-refractivity contribution >= 4 is 11.8 Å². The lowest BCUT2D eigenvalue weighted by molar-refractivity contribution is -0.142. The molecule has 0 aliphatic carbocycles. The standard InChI is InChI=1S/C27H34N2O2/c1-3-26(4-2,19-21-28-20-11-14-22-12-7-5-8-13-22)27(23-15-9-6-10-16-23)18-17-24(30)29-25(27)31/h3,5-10,12-13,15-16,28H,1,4,11,14,17-21H2,2H3,(H,29,30,31)/t26-,27?/m0/s1. The van der Waals surface area contributed by atoms with E-state index in [2.05, 4.69) is 48.4 Å². The maximum Gasteiger partial charge on any atom is 0.238 e. The Balaban J connectivity index is 1.72. The molecule has 1 heterocycles. The van der Waals surface area contributed by atoms with Crippen molar-refractivity contribution in [3.8, 4) is 0 Å². The van der Waals surface area contributed by atoms with Gasteiger partial charge in [-0.25, -0.2) is 0 Å². The van der Waals surface area contributed by atoms with E-state index in [1.165, 1.54) is 5.56 Å². The number of nitrogens with one attached hydrogen (secondary N) is 2. The summed E-state index contributed by atoms with van der Waals surface area (Å²) in [5.41, 5.74) is 1.09. The molecule has 2 aromatic carbocycles. The molecular formula is C27H34N2O2. The number of imide groups is 1. The van der Waals surface area contributed by atoms with Crippen molar-refractivity contribution in [1.82, 2.24) is 10.6 Å². The first-order valence-corrected chi connectivity index (χ1v) is 11.4. The lowest BCUT2D eigenvalue weighted by atomic mass is 9.54. The summed E-state index contributed by atoms with van der Waals surface area (Å²) in [5.74, 6) is -0.384. The Hall–Kier alpha value is -2.72. The van der Waals surface area contributed by atoms with Gasteiger partial charge in [-0.2, -0.15) is 0 Å². The fraction of sp³-hybridized carbons (Fsp3) is 0.407. The number of hydrogen-bond acceptors (Lipinski definition) is 3. The molecule has 3 rings (SSSR count). The van der Waals surface area contributed by atoms with Crippen molar-refractivity contribution in [1.29, 1.82) is 0 Å². The molecule has 31 heavy (non-hydrogen) atoms. The number of carbonyl (C=O) groups is 2. The van der Waals surface area contributed by atoms with Gasteiger partial charge in [0.25, 0.3) is 0 Å². The smallest absolute Gasteiger partial charge is 0.238 e. The monoisotopic (exact) mass is 418 g/mol. The van der Waals surface area contributed by atoms with E-state index in [9.17, 15) is 9.59 Å². The van der Waals surface area contributed by atoms with Gasteiger partial charge in [0.1, 0.15) is 0 Å². The zero-order valence-corrected chi connectivity index (χ0v) is 18.5. The molecule has 1 fully saturated rings. The summed E-state index contributed by atoms with van der Waals surface area (Å²) in [4.78, 5) is 25.4. The van der Waals surface area contributed by atoms with E-state index >= 15 is 0 Å². The van der Waals surface area contributed by atoms with Crippen molar-refractivity contribution in [2.24, 2.45) is 5.41 Å². The van der Waals surface area contributed by atoms with Gasteiger partial charge in [0, 0.05) is 11.8 Å². The van der Waals surface area contributed by atoms with Gasteiger partial charge in [0.2, 0.25) is 11.8 Å². The Morgan fingerprint density at radius 1 is 1.06 bits per heavy atom. The van der Waals surface area contributed by atoms with Gasteiger partial charge in [-0.15, -0.1) is 6.58 Å². The average molecular weight is 419 g/mol. The summed E-state index contributed by atoms with van der Waals surface area (Å²) in [7, 11) is 0. The third kappa shape index (κ3) is 4.80. The van der Waals surface area contributed by atoms with Gasteiger partial charge >= 0.3 is 0 Å². The first-order valence-electron chi connectivity index (χ1n) is 11.4. The molecule has 0 spiro atoms. The van der Waals surface area contributed by atoms with Crippen LogP contribution in [0.15, 0.2) is 73.3 Å². The Morgan fingerprint density at radius 2 is 1.74 bits per heavy atom. The van der Waals surface area contributed by atoms with Crippen LogP contribution in [0.25, 0.3) is 0 Å².